The van der Waals surface area contributed by atoms with Crippen molar-refractivity contribution in [2.45, 2.75) is 68.6 Å². The Labute approximate surface area is 253 Å². The topological polar surface area (TPSA) is 175 Å². The standard InChI is InChI=1S/C28H37N7O5S2/c1-3-5-12-34(13-6-4-2)20(36)14-19-30-28(33-32-19)42-16-18-15-41-26-22(25(38)35(26)23(18)27(39)40)31-24(37)21(29)17-10-8-7-9-11-17/h7-11,21-22,26H,3-6,12-16,29H2,1-2H3,(H,31,37)(H,39,40)(H,30,32,33)/t21?,22?,26-/m0/s1. The summed E-state index contributed by atoms with van der Waals surface area (Å²) in [6.45, 7) is 5.62. The summed E-state index contributed by atoms with van der Waals surface area (Å²) >= 11 is 2.62. The summed E-state index contributed by atoms with van der Waals surface area (Å²) in [4.78, 5) is 58.3. The summed E-state index contributed by atoms with van der Waals surface area (Å²) in [6.07, 6.45) is 4.02. The zero-order valence-corrected chi connectivity index (χ0v) is 25.4. The highest BCUT2D eigenvalue weighted by Crippen LogP contribution is 2.41. The predicted octanol–water partition coefficient (Wildman–Crippen LogP) is 2.31. The second-order valence-electron chi connectivity index (χ2n) is 10.2. The number of carbonyl (C=O) groups excluding carboxylic acids is 3. The molecule has 3 amide bonds. The van der Waals surface area contributed by atoms with Gasteiger partial charge in [-0.3, -0.25) is 24.4 Å². The summed E-state index contributed by atoms with van der Waals surface area (Å²) in [6, 6.07) is 7.02. The number of carboxylic acid groups (broad SMARTS) is 1. The lowest BCUT2D eigenvalue weighted by Gasteiger charge is -2.49. The number of aliphatic carboxylic acids is 1. The van der Waals surface area contributed by atoms with Crippen molar-refractivity contribution in [1.82, 2.24) is 30.3 Å². The first-order valence-electron chi connectivity index (χ1n) is 14.1. The molecule has 1 saturated heterocycles. The molecule has 42 heavy (non-hydrogen) atoms. The summed E-state index contributed by atoms with van der Waals surface area (Å²) < 4.78 is 0. The van der Waals surface area contributed by atoms with E-state index < -0.39 is 35.2 Å². The maximum Gasteiger partial charge on any atom is 0.352 e. The fourth-order valence-electron chi connectivity index (χ4n) is 4.74. The number of aromatic nitrogens is 3. The SMILES string of the molecule is CCCCN(CCCC)C(=O)Cc1nc(SCC2=C(C(=O)O)N3C(=O)C(NC(=O)C(N)c4ccccc4)[C@@H]3SC2)n[nH]1. The second kappa shape index (κ2) is 14.7. The third-order valence-electron chi connectivity index (χ3n) is 7.11. The lowest BCUT2D eigenvalue weighted by Crippen LogP contribution is -2.71. The number of β-lactam (4-membered cyclic amide) rings is 1. The first-order valence-corrected chi connectivity index (χ1v) is 16.1. The summed E-state index contributed by atoms with van der Waals surface area (Å²) in [5.74, 6) is -1.13. The number of H-pyrrole nitrogens is 1. The van der Waals surface area contributed by atoms with Crippen molar-refractivity contribution in [3.8, 4) is 0 Å². The van der Waals surface area contributed by atoms with Crippen LogP contribution in [0, 0.1) is 0 Å². The Morgan fingerprint density at radius 1 is 1.21 bits per heavy atom. The van der Waals surface area contributed by atoms with E-state index >= 15 is 0 Å². The Bertz CT molecular complexity index is 1310. The van der Waals surface area contributed by atoms with E-state index in [1.165, 1.54) is 28.4 Å². The van der Waals surface area contributed by atoms with Gasteiger partial charge in [0.25, 0.3) is 5.91 Å². The minimum absolute atomic E-state index is 0.00198. The van der Waals surface area contributed by atoms with Crippen LogP contribution >= 0.6 is 23.5 Å². The number of nitrogens with zero attached hydrogens (tertiary/aromatic N) is 4. The number of hydrogen-bond acceptors (Lipinski definition) is 9. The highest BCUT2D eigenvalue weighted by Gasteiger charge is 2.54. The Morgan fingerprint density at radius 2 is 1.90 bits per heavy atom. The molecular weight excluding hydrogens is 578 g/mol. The maximum atomic E-state index is 13.0. The predicted molar refractivity (Wildman–Crippen MR) is 160 cm³/mol. The maximum absolute atomic E-state index is 13.0. The van der Waals surface area contributed by atoms with Gasteiger partial charge in [0.05, 0.1) is 6.42 Å². The number of benzene rings is 1. The molecule has 3 atom stereocenters. The van der Waals surface area contributed by atoms with Crippen LogP contribution in [0.4, 0.5) is 0 Å². The van der Waals surface area contributed by atoms with Crippen LogP contribution in [-0.2, 0) is 25.6 Å². The molecule has 226 valence electrons. The highest BCUT2D eigenvalue weighted by molar-refractivity contribution is 8.01. The Kier molecular flexibility index (Phi) is 11.0. The average Bonchev–Trinajstić information content (AvgIpc) is 3.44. The van der Waals surface area contributed by atoms with E-state index in [4.69, 9.17) is 5.73 Å². The molecule has 12 nitrogen and oxygen atoms in total. The van der Waals surface area contributed by atoms with Gasteiger partial charge < -0.3 is 21.1 Å². The van der Waals surface area contributed by atoms with Crippen molar-refractivity contribution in [2.75, 3.05) is 24.6 Å². The number of aromatic amines is 1. The zero-order chi connectivity index (χ0) is 30.2. The Hall–Kier alpha value is -3.36. The molecule has 3 heterocycles. The molecular formula is C28H37N7O5S2. The summed E-state index contributed by atoms with van der Waals surface area (Å²) in [5, 5.41) is 19.5. The fourth-order valence-corrected chi connectivity index (χ4v) is 7.04. The second-order valence-corrected chi connectivity index (χ2v) is 12.2. The van der Waals surface area contributed by atoms with Gasteiger partial charge >= 0.3 is 5.97 Å². The molecule has 0 aliphatic carbocycles. The van der Waals surface area contributed by atoms with Crippen molar-refractivity contribution < 1.29 is 24.3 Å². The first kappa shape index (κ1) is 31.6. The number of fused-ring (bicyclic) bond motifs is 1. The zero-order valence-electron chi connectivity index (χ0n) is 23.7. The molecule has 2 aliphatic rings. The first-order chi connectivity index (χ1) is 20.2. The molecule has 0 saturated carbocycles. The molecule has 14 heteroatoms. The van der Waals surface area contributed by atoms with Gasteiger partial charge in [0, 0.05) is 24.6 Å². The largest absolute Gasteiger partial charge is 0.477 e. The van der Waals surface area contributed by atoms with E-state index in [2.05, 4.69) is 34.3 Å². The number of rotatable bonds is 15. The quantitative estimate of drug-likeness (QED) is 0.172. The van der Waals surface area contributed by atoms with Gasteiger partial charge in [0.15, 0.2) is 0 Å². The van der Waals surface area contributed by atoms with Gasteiger partial charge in [0.1, 0.15) is 29.0 Å². The van der Waals surface area contributed by atoms with Crippen molar-refractivity contribution >= 4 is 47.2 Å². The van der Waals surface area contributed by atoms with Crippen LogP contribution in [0.5, 0.6) is 0 Å². The third-order valence-corrected chi connectivity index (χ3v) is 9.38. The number of carbonyl (C=O) groups is 4. The van der Waals surface area contributed by atoms with Gasteiger partial charge in [-0.1, -0.05) is 68.8 Å². The van der Waals surface area contributed by atoms with Gasteiger partial charge in [-0.05, 0) is 24.0 Å². The molecule has 1 aromatic carbocycles. The third kappa shape index (κ3) is 7.34. The Morgan fingerprint density at radius 3 is 2.55 bits per heavy atom. The van der Waals surface area contributed by atoms with Crippen LogP contribution in [-0.4, -0.2) is 89.8 Å². The summed E-state index contributed by atoms with van der Waals surface area (Å²) in [7, 11) is 0. The van der Waals surface area contributed by atoms with Gasteiger partial charge in [0.2, 0.25) is 17.0 Å². The van der Waals surface area contributed by atoms with E-state index in [1.54, 1.807) is 24.3 Å². The molecule has 5 N–H and O–H groups in total. The lowest BCUT2D eigenvalue weighted by atomic mass is 10.0. The van der Waals surface area contributed by atoms with Crippen molar-refractivity contribution in [3.05, 3.63) is 53.0 Å². The molecule has 2 unspecified atom stereocenters. The molecule has 0 bridgehead atoms. The monoisotopic (exact) mass is 615 g/mol. The molecule has 0 radical (unpaired) electrons. The number of carboxylic acids is 1. The molecule has 2 aliphatic heterocycles. The van der Waals surface area contributed by atoms with Gasteiger partial charge in [-0.25, -0.2) is 9.78 Å². The molecule has 0 spiro atoms. The van der Waals surface area contributed by atoms with E-state index in [0.29, 0.717) is 27.9 Å². The minimum Gasteiger partial charge on any atom is -0.477 e. The number of amides is 3. The normalized spacial score (nSPS) is 18.7. The average molecular weight is 616 g/mol. The number of hydrogen-bond donors (Lipinski definition) is 4. The van der Waals surface area contributed by atoms with Crippen LogP contribution in [0.15, 0.2) is 46.8 Å². The number of nitrogens with two attached hydrogens (primary N) is 1. The lowest BCUT2D eigenvalue weighted by molar-refractivity contribution is -0.150. The van der Waals surface area contributed by atoms with Crippen molar-refractivity contribution in [3.63, 3.8) is 0 Å². The van der Waals surface area contributed by atoms with Crippen LogP contribution in [0.25, 0.3) is 0 Å². The van der Waals surface area contributed by atoms with Crippen molar-refractivity contribution in [2.24, 2.45) is 5.73 Å². The van der Waals surface area contributed by atoms with Crippen LogP contribution in [0.2, 0.25) is 0 Å². The van der Waals surface area contributed by atoms with E-state index in [9.17, 15) is 24.3 Å². The highest BCUT2D eigenvalue weighted by atomic mass is 32.2. The van der Waals surface area contributed by atoms with Crippen molar-refractivity contribution in [1.29, 1.82) is 0 Å². The van der Waals surface area contributed by atoms with Gasteiger partial charge in [-0.2, -0.15) is 0 Å². The minimum atomic E-state index is -1.21. The van der Waals surface area contributed by atoms with Gasteiger partial charge in [-0.15, -0.1) is 16.9 Å². The number of thioether (sulfide) groups is 2. The van der Waals surface area contributed by atoms with Crippen LogP contribution < -0.4 is 11.1 Å². The number of nitrogens with one attached hydrogen (secondary N) is 2. The number of unbranched alkanes of at least 4 members (excludes halogenated alkanes) is 2. The van der Waals surface area contributed by atoms with E-state index in [-0.39, 0.29) is 23.8 Å². The molecule has 2 aromatic rings. The van der Waals surface area contributed by atoms with Crippen LogP contribution in [0.3, 0.4) is 0 Å². The molecule has 1 aromatic heterocycles. The summed E-state index contributed by atoms with van der Waals surface area (Å²) in [5.41, 5.74) is 7.16. The molecule has 4 rings (SSSR count). The Balaban J connectivity index is 1.36. The van der Waals surface area contributed by atoms with E-state index in [0.717, 1.165) is 38.8 Å². The van der Waals surface area contributed by atoms with Crippen LogP contribution in [0.1, 0.15) is 57.0 Å². The molecule has 1 fully saturated rings. The smallest absolute Gasteiger partial charge is 0.352 e. The van der Waals surface area contributed by atoms with E-state index in [1.807, 2.05) is 11.0 Å². The fraction of sp³-hybridized carbons (Fsp3) is 0.500.